The molecule has 0 saturated carbocycles. The van der Waals surface area contributed by atoms with Gasteiger partial charge in [0.1, 0.15) is 17.2 Å². The number of rotatable bonds is 3. The standard InChI is InChI=1S/C17H16N4O3/c22-17(23)24-13-5-3-4-12-15(13)20-16(19-12)11-6-7-14(18-10-11)21-8-1-2-9-21/h3-7,10H,1-2,8-9H2,(H,19,20)(H,22,23). The third-order valence-corrected chi connectivity index (χ3v) is 4.12. The number of hydrogen-bond donors (Lipinski definition) is 2. The molecule has 1 saturated heterocycles. The lowest BCUT2D eigenvalue weighted by Crippen LogP contribution is -2.18. The van der Waals surface area contributed by atoms with Crippen molar-refractivity contribution in [2.45, 2.75) is 12.8 Å². The van der Waals surface area contributed by atoms with E-state index in [-0.39, 0.29) is 5.75 Å². The van der Waals surface area contributed by atoms with E-state index in [1.54, 1.807) is 18.3 Å². The van der Waals surface area contributed by atoms with E-state index in [4.69, 9.17) is 9.84 Å². The Morgan fingerprint density at radius 3 is 2.75 bits per heavy atom. The van der Waals surface area contributed by atoms with Crippen molar-refractivity contribution in [2.24, 2.45) is 0 Å². The summed E-state index contributed by atoms with van der Waals surface area (Å²) in [5.74, 6) is 1.82. The summed E-state index contributed by atoms with van der Waals surface area (Å²) in [5, 5.41) is 8.81. The molecule has 4 rings (SSSR count). The van der Waals surface area contributed by atoms with E-state index in [9.17, 15) is 4.79 Å². The summed E-state index contributed by atoms with van der Waals surface area (Å²) in [6.45, 7) is 2.10. The lowest BCUT2D eigenvalue weighted by molar-refractivity contribution is 0.145. The fraction of sp³-hybridized carbons (Fsp3) is 0.235. The van der Waals surface area contributed by atoms with E-state index in [2.05, 4.69) is 19.9 Å². The molecule has 0 atom stereocenters. The van der Waals surface area contributed by atoms with E-state index in [0.717, 1.165) is 24.5 Å². The first-order valence-corrected chi connectivity index (χ1v) is 7.81. The summed E-state index contributed by atoms with van der Waals surface area (Å²) in [5.41, 5.74) is 2.04. The van der Waals surface area contributed by atoms with E-state index in [1.807, 2.05) is 18.2 Å². The first-order valence-electron chi connectivity index (χ1n) is 7.81. The van der Waals surface area contributed by atoms with Gasteiger partial charge in [0.25, 0.3) is 0 Å². The number of carbonyl (C=O) groups is 1. The molecule has 122 valence electrons. The fourth-order valence-corrected chi connectivity index (χ4v) is 2.98. The van der Waals surface area contributed by atoms with E-state index in [0.29, 0.717) is 16.9 Å². The number of anilines is 1. The van der Waals surface area contributed by atoms with E-state index in [1.165, 1.54) is 12.8 Å². The highest BCUT2D eigenvalue weighted by molar-refractivity contribution is 5.86. The van der Waals surface area contributed by atoms with Crippen molar-refractivity contribution >= 4 is 23.0 Å². The van der Waals surface area contributed by atoms with Crippen molar-refractivity contribution < 1.29 is 14.6 Å². The zero-order chi connectivity index (χ0) is 16.5. The zero-order valence-corrected chi connectivity index (χ0v) is 12.9. The number of pyridine rings is 1. The zero-order valence-electron chi connectivity index (χ0n) is 12.9. The van der Waals surface area contributed by atoms with Crippen molar-refractivity contribution in [1.29, 1.82) is 0 Å². The minimum absolute atomic E-state index is 0.212. The average Bonchev–Trinajstić information content (AvgIpc) is 3.25. The quantitative estimate of drug-likeness (QED) is 0.567. The van der Waals surface area contributed by atoms with Crippen LogP contribution in [0.2, 0.25) is 0 Å². The number of fused-ring (bicyclic) bond motifs is 1. The molecule has 2 aromatic heterocycles. The molecule has 0 bridgehead atoms. The van der Waals surface area contributed by atoms with E-state index < -0.39 is 6.16 Å². The van der Waals surface area contributed by atoms with E-state index >= 15 is 0 Å². The van der Waals surface area contributed by atoms with Gasteiger partial charge in [-0.2, -0.15) is 0 Å². The number of aromatic amines is 1. The Kier molecular flexibility index (Phi) is 3.53. The highest BCUT2D eigenvalue weighted by Gasteiger charge is 2.15. The van der Waals surface area contributed by atoms with Gasteiger partial charge in [-0.15, -0.1) is 0 Å². The summed E-state index contributed by atoms with van der Waals surface area (Å²) >= 11 is 0. The van der Waals surface area contributed by atoms with Crippen LogP contribution in [0.5, 0.6) is 5.75 Å². The number of H-pyrrole nitrogens is 1. The molecule has 1 aromatic carbocycles. The SMILES string of the molecule is O=C(O)Oc1cccc2[nH]c(-c3ccc(N4CCCC4)nc3)nc12. The number of imidazole rings is 1. The first-order chi connectivity index (χ1) is 11.7. The Bertz CT molecular complexity index is 882. The average molecular weight is 324 g/mol. The Morgan fingerprint density at radius 1 is 1.21 bits per heavy atom. The Balaban J connectivity index is 1.67. The van der Waals surface area contributed by atoms with Crippen LogP contribution in [0.15, 0.2) is 36.5 Å². The van der Waals surface area contributed by atoms with Crippen molar-refractivity contribution in [2.75, 3.05) is 18.0 Å². The third-order valence-electron chi connectivity index (χ3n) is 4.12. The van der Waals surface area contributed by atoms with Crippen LogP contribution in [-0.2, 0) is 0 Å². The number of aromatic nitrogens is 3. The van der Waals surface area contributed by atoms with Gasteiger partial charge >= 0.3 is 6.16 Å². The molecule has 0 unspecified atom stereocenters. The van der Waals surface area contributed by atoms with Gasteiger partial charge in [0.2, 0.25) is 0 Å². The number of para-hydroxylation sites is 1. The smallest absolute Gasteiger partial charge is 0.449 e. The molecule has 0 radical (unpaired) electrons. The second kappa shape index (κ2) is 5.84. The van der Waals surface area contributed by atoms with Crippen LogP contribution in [-0.4, -0.2) is 39.3 Å². The van der Waals surface area contributed by atoms with Crippen molar-refractivity contribution in [1.82, 2.24) is 15.0 Å². The van der Waals surface area contributed by atoms with Crippen LogP contribution in [0.25, 0.3) is 22.4 Å². The van der Waals surface area contributed by atoms with Gasteiger partial charge in [0.15, 0.2) is 5.75 Å². The molecule has 0 aliphatic carbocycles. The minimum atomic E-state index is -1.36. The Morgan fingerprint density at radius 2 is 2.04 bits per heavy atom. The van der Waals surface area contributed by atoms with Gasteiger partial charge < -0.3 is 19.7 Å². The molecule has 24 heavy (non-hydrogen) atoms. The first kappa shape index (κ1) is 14.5. The molecule has 7 nitrogen and oxygen atoms in total. The van der Waals surface area contributed by atoms with Gasteiger partial charge in [0, 0.05) is 24.8 Å². The predicted octanol–water partition coefficient (Wildman–Crippen LogP) is 3.28. The monoisotopic (exact) mass is 324 g/mol. The van der Waals surface area contributed by atoms with Gasteiger partial charge in [-0.3, -0.25) is 0 Å². The van der Waals surface area contributed by atoms with Crippen molar-refractivity contribution in [3.8, 4) is 17.1 Å². The normalized spacial score (nSPS) is 14.2. The van der Waals surface area contributed by atoms with Gasteiger partial charge in [-0.05, 0) is 37.1 Å². The van der Waals surface area contributed by atoms with Crippen LogP contribution in [0.4, 0.5) is 10.6 Å². The van der Waals surface area contributed by atoms with Crippen LogP contribution >= 0.6 is 0 Å². The summed E-state index contributed by atoms with van der Waals surface area (Å²) in [4.78, 5) is 25.2. The van der Waals surface area contributed by atoms with Crippen molar-refractivity contribution in [3.05, 3.63) is 36.5 Å². The van der Waals surface area contributed by atoms with Crippen LogP contribution < -0.4 is 9.64 Å². The Labute approximate surface area is 137 Å². The topological polar surface area (TPSA) is 91.3 Å². The van der Waals surface area contributed by atoms with Crippen molar-refractivity contribution in [3.63, 3.8) is 0 Å². The molecule has 7 heteroatoms. The van der Waals surface area contributed by atoms with Gasteiger partial charge in [-0.25, -0.2) is 14.8 Å². The molecule has 1 fully saturated rings. The highest BCUT2D eigenvalue weighted by atomic mass is 16.7. The molecule has 1 aliphatic heterocycles. The molecule has 2 N–H and O–H groups in total. The summed E-state index contributed by atoms with van der Waals surface area (Å²) in [6.07, 6.45) is 2.84. The lowest BCUT2D eigenvalue weighted by Gasteiger charge is -2.15. The number of carboxylic acid groups (broad SMARTS) is 1. The maximum absolute atomic E-state index is 10.8. The second-order valence-electron chi connectivity index (χ2n) is 5.70. The predicted molar refractivity (Wildman–Crippen MR) is 89.4 cm³/mol. The molecule has 0 spiro atoms. The Hall–Kier alpha value is -3.09. The number of nitrogens with zero attached hydrogens (tertiary/aromatic N) is 3. The van der Waals surface area contributed by atoms with Gasteiger partial charge in [0.05, 0.1) is 5.52 Å². The number of ether oxygens (including phenoxy) is 1. The maximum atomic E-state index is 10.8. The third kappa shape index (κ3) is 2.64. The van der Waals surface area contributed by atoms with Crippen LogP contribution in [0, 0.1) is 0 Å². The number of benzene rings is 1. The van der Waals surface area contributed by atoms with Crippen LogP contribution in [0.3, 0.4) is 0 Å². The minimum Gasteiger partial charge on any atom is -0.449 e. The van der Waals surface area contributed by atoms with Gasteiger partial charge in [-0.1, -0.05) is 6.07 Å². The number of hydrogen-bond acceptors (Lipinski definition) is 5. The lowest BCUT2D eigenvalue weighted by atomic mass is 10.2. The summed E-state index contributed by atoms with van der Waals surface area (Å²) in [6, 6.07) is 9.08. The second-order valence-corrected chi connectivity index (χ2v) is 5.70. The highest BCUT2D eigenvalue weighted by Crippen LogP contribution is 2.28. The number of nitrogens with one attached hydrogen (secondary N) is 1. The summed E-state index contributed by atoms with van der Waals surface area (Å²) in [7, 11) is 0. The molecular weight excluding hydrogens is 308 g/mol. The molecule has 0 amide bonds. The van der Waals surface area contributed by atoms with Crippen LogP contribution in [0.1, 0.15) is 12.8 Å². The maximum Gasteiger partial charge on any atom is 0.511 e. The largest absolute Gasteiger partial charge is 0.511 e. The summed E-state index contributed by atoms with van der Waals surface area (Å²) < 4.78 is 4.78. The molecular formula is C17H16N4O3. The molecule has 3 heterocycles. The molecule has 1 aliphatic rings. The fourth-order valence-electron chi connectivity index (χ4n) is 2.98. The molecule has 3 aromatic rings.